The molecule has 0 aliphatic rings. The fourth-order valence-corrected chi connectivity index (χ4v) is 2.29. The molecule has 2 heteroatoms. The second-order valence-electron chi connectivity index (χ2n) is 5.02. The number of aryl methyl sites for hydroxylation is 2. The summed E-state index contributed by atoms with van der Waals surface area (Å²) in [6.07, 6.45) is 4.75. The van der Waals surface area contributed by atoms with Crippen LogP contribution in [-0.2, 0) is 6.42 Å². The molecule has 1 N–H and O–H groups in total. The van der Waals surface area contributed by atoms with E-state index in [2.05, 4.69) is 55.3 Å². The van der Waals surface area contributed by atoms with Crippen molar-refractivity contribution in [3.05, 3.63) is 65.0 Å². The summed E-state index contributed by atoms with van der Waals surface area (Å²) in [4.78, 5) is 4.20. The standard InChI is InChI=1S/C17H22N2/c1-4-19-17(11-15-6-5-9-18-12-15)16-8-7-13(2)14(3)10-16/h5-10,12,17,19H,4,11H2,1-3H3. The van der Waals surface area contributed by atoms with E-state index in [0.29, 0.717) is 6.04 Å². The fourth-order valence-electron chi connectivity index (χ4n) is 2.29. The van der Waals surface area contributed by atoms with Crippen LogP contribution in [0.25, 0.3) is 0 Å². The second kappa shape index (κ2) is 6.48. The summed E-state index contributed by atoms with van der Waals surface area (Å²) in [7, 11) is 0. The molecule has 1 heterocycles. The van der Waals surface area contributed by atoms with Crippen LogP contribution in [0.4, 0.5) is 0 Å². The minimum atomic E-state index is 0.355. The molecule has 0 aliphatic carbocycles. The van der Waals surface area contributed by atoms with Crippen LogP contribution in [-0.4, -0.2) is 11.5 Å². The van der Waals surface area contributed by atoms with Gasteiger partial charge in [0.25, 0.3) is 0 Å². The van der Waals surface area contributed by atoms with Crippen LogP contribution in [0.15, 0.2) is 42.7 Å². The lowest BCUT2D eigenvalue weighted by Crippen LogP contribution is -2.23. The Morgan fingerprint density at radius 1 is 1.16 bits per heavy atom. The van der Waals surface area contributed by atoms with E-state index >= 15 is 0 Å². The lowest BCUT2D eigenvalue weighted by Gasteiger charge is -2.19. The highest BCUT2D eigenvalue weighted by Crippen LogP contribution is 2.20. The Hall–Kier alpha value is -1.67. The molecule has 2 nitrogen and oxygen atoms in total. The van der Waals surface area contributed by atoms with Gasteiger partial charge in [0, 0.05) is 18.4 Å². The van der Waals surface area contributed by atoms with Gasteiger partial charge in [-0.2, -0.15) is 0 Å². The molecule has 0 amide bonds. The third-order valence-corrected chi connectivity index (χ3v) is 3.55. The highest BCUT2D eigenvalue weighted by atomic mass is 14.9. The van der Waals surface area contributed by atoms with Crippen molar-refractivity contribution < 1.29 is 0 Å². The summed E-state index contributed by atoms with van der Waals surface area (Å²) in [5.74, 6) is 0. The highest BCUT2D eigenvalue weighted by molar-refractivity contribution is 5.32. The minimum absolute atomic E-state index is 0.355. The molecule has 1 aromatic carbocycles. The van der Waals surface area contributed by atoms with Gasteiger partial charge in [-0.05, 0) is 55.1 Å². The Balaban J connectivity index is 2.21. The predicted molar refractivity (Wildman–Crippen MR) is 80.3 cm³/mol. The summed E-state index contributed by atoms with van der Waals surface area (Å²) < 4.78 is 0. The molecule has 0 bridgehead atoms. The van der Waals surface area contributed by atoms with E-state index in [-0.39, 0.29) is 0 Å². The third-order valence-electron chi connectivity index (χ3n) is 3.55. The Kier molecular flexibility index (Phi) is 4.69. The monoisotopic (exact) mass is 254 g/mol. The normalized spacial score (nSPS) is 12.4. The topological polar surface area (TPSA) is 24.9 Å². The van der Waals surface area contributed by atoms with Gasteiger partial charge in [0.2, 0.25) is 0 Å². The summed E-state index contributed by atoms with van der Waals surface area (Å²) in [6.45, 7) is 7.45. The average Bonchev–Trinajstić information content (AvgIpc) is 2.43. The first kappa shape index (κ1) is 13.8. The fraction of sp³-hybridized carbons (Fsp3) is 0.353. The number of likely N-dealkylation sites (N-methyl/N-ethyl adjacent to an activating group) is 1. The first-order valence-electron chi connectivity index (χ1n) is 6.90. The number of nitrogens with one attached hydrogen (secondary N) is 1. The van der Waals surface area contributed by atoms with Gasteiger partial charge in [-0.25, -0.2) is 0 Å². The molecule has 1 aromatic heterocycles. The van der Waals surface area contributed by atoms with Gasteiger partial charge < -0.3 is 5.32 Å². The number of nitrogens with zero attached hydrogens (tertiary/aromatic N) is 1. The lowest BCUT2D eigenvalue weighted by atomic mass is 9.96. The highest BCUT2D eigenvalue weighted by Gasteiger charge is 2.11. The Labute approximate surface area is 115 Å². The second-order valence-corrected chi connectivity index (χ2v) is 5.02. The van der Waals surface area contributed by atoms with Crippen molar-refractivity contribution in [2.45, 2.75) is 33.2 Å². The molecule has 19 heavy (non-hydrogen) atoms. The number of rotatable bonds is 5. The van der Waals surface area contributed by atoms with E-state index < -0.39 is 0 Å². The first-order chi connectivity index (χ1) is 9.20. The van der Waals surface area contributed by atoms with Gasteiger partial charge in [-0.3, -0.25) is 4.98 Å². The van der Waals surface area contributed by atoms with Crippen LogP contribution in [0.3, 0.4) is 0 Å². The molecule has 0 fully saturated rings. The maximum atomic E-state index is 4.20. The summed E-state index contributed by atoms with van der Waals surface area (Å²) in [5.41, 5.74) is 5.33. The molecule has 0 aliphatic heterocycles. The number of benzene rings is 1. The Morgan fingerprint density at radius 2 is 2.00 bits per heavy atom. The molecule has 0 saturated carbocycles. The molecular formula is C17H22N2. The SMILES string of the molecule is CCNC(Cc1cccnc1)c1ccc(C)c(C)c1. The minimum Gasteiger partial charge on any atom is -0.310 e. The number of aromatic nitrogens is 1. The van der Waals surface area contributed by atoms with Gasteiger partial charge in [0.15, 0.2) is 0 Å². The number of hydrogen-bond donors (Lipinski definition) is 1. The van der Waals surface area contributed by atoms with E-state index in [4.69, 9.17) is 0 Å². The molecular weight excluding hydrogens is 232 g/mol. The predicted octanol–water partition coefficient (Wildman–Crippen LogP) is 3.59. The quantitative estimate of drug-likeness (QED) is 0.882. The van der Waals surface area contributed by atoms with Crippen molar-refractivity contribution in [1.29, 1.82) is 0 Å². The van der Waals surface area contributed by atoms with E-state index in [1.165, 1.54) is 22.3 Å². The Bertz CT molecular complexity index is 520. The summed E-state index contributed by atoms with van der Waals surface area (Å²) in [5, 5.41) is 3.57. The first-order valence-corrected chi connectivity index (χ1v) is 6.90. The molecule has 0 spiro atoms. The van der Waals surface area contributed by atoms with Crippen molar-refractivity contribution in [3.63, 3.8) is 0 Å². The van der Waals surface area contributed by atoms with Crippen molar-refractivity contribution in [2.75, 3.05) is 6.54 Å². The zero-order valence-corrected chi connectivity index (χ0v) is 12.0. The van der Waals surface area contributed by atoms with E-state index in [0.717, 1.165) is 13.0 Å². The molecule has 0 saturated heterocycles. The molecule has 1 unspecified atom stereocenters. The zero-order valence-electron chi connectivity index (χ0n) is 12.0. The van der Waals surface area contributed by atoms with E-state index in [1.807, 2.05) is 18.5 Å². The Morgan fingerprint density at radius 3 is 2.63 bits per heavy atom. The van der Waals surface area contributed by atoms with Crippen LogP contribution in [0, 0.1) is 13.8 Å². The van der Waals surface area contributed by atoms with Crippen molar-refractivity contribution in [3.8, 4) is 0 Å². The van der Waals surface area contributed by atoms with Gasteiger partial charge in [0.05, 0.1) is 0 Å². The number of hydrogen-bond acceptors (Lipinski definition) is 2. The van der Waals surface area contributed by atoms with Crippen LogP contribution in [0.1, 0.15) is 35.2 Å². The average molecular weight is 254 g/mol. The third kappa shape index (κ3) is 3.65. The molecule has 2 aromatic rings. The lowest BCUT2D eigenvalue weighted by molar-refractivity contribution is 0.549. The number of pyridine rings is 1. The van der Waals surface area contributed by atoms with E-state index in [9.17, 15) is 0 Å². The molecule has 100 valence electrons. The molecule has 2 rings (SSSR count). The maximum absolute atomic E-state index is 4.20. The van der Waals surface area contributed by atoms with Gasteiger partial charge >= 0.3 is 0 Å². The van der Waals surface area contributed by atoms with Crippen LogP contribution < -0.4 is 5.32 Å². The van der Waals surface area contributed by atoms with Crippen LogP contribution in [0.2, 0.25) is 0 Å². The van der Waals surface area contributed by atoms with Crippen molar-refractivity contribution in [1.82, 2.24) is 10.3 Å². The van der Waals surface area contributed by atoms with Crippen LogP contribution >= 0.6 is 0 Å². The largest absolute Gasteiger partial charge is 0.310 e. The summed E-state index contributed by atoms with van der Waals surface area (Å²) in [6, 6.07) is 11.2. The zero-order chi connectivity index (χ0) is 13.7. The maximum Gasteiger partial charge on any atom is 0.0361 e. The van der Waals surface area contributed by atoms with Crippen molar-refractivity contribution in [2.24, 2.45) is 0 Å². The van der Waals surface area contributed by atoms with Crippen LogP contribution in [0.5, 0.6) is 0 Å². The molecule has 1 atom stereocenters. The molecule has 0 radical (unpaired) electrons. The van der Waals surface area contributed by atoms with Crippen molar-refractivity contribution >= 4 is 0 Å². The van der Waals surface area contributed by atoms with Gasteiger partial charge in [-0.1, -0.05) is 31.2 Å². The van der Waals surface area contributed by atoms with Gasteiger partial charge in [-0.15, -0.1) is 0 Å². The smallest absolute Gasteiger partial charge is 0.0361 e. The van der Waals surface area contributed by atoms with E-state index in [1.54, 1.807) is 0 Å². The van der Waals surface area contributed by atoms with Gasteiger partial charge in [0.1, 0.15) is 0 Å². The summed E-state index contributed by atoms with van der Waals surface area (Å²) >= 11 is 0.